The van der Waals surface area contributed by atoms with E-state index in [1.54, 1.807) is 6.92 Å². The first-order valence-electron chi connectivity index (χ1n) is 11.4. The number of cyclic esters (lactones) is 6. The Morgan fingerprint density at radius 1 is 0.600 bits per heavy atom. The van der Waals surface area contributed by atoms with E-state index in [0.717, 1.165) is 0 Å². The van der Waals surface area contributed by atoms with Crippen LogP contribution in [0.15, 0.2) is 0 Å². The summed E-state index contributed by atoms with van der Waals surface area (Å²) in [4.78, 5) is 74.2. The lowest BCUT2D eigenvalue weighted by Crippen LogP contribution is -2.41. The average Bonchev–Trinajstić information content (AvgIpc) is 3.35. The first-order chi connectivity index (χ1) is 16.6. The molecule has 0 N–H and O–H groups in total. The van der Waals surface area contributed by atoms with E-state index in [2.05, 4.69) is 4.74 Å². The Labute approximate surface area is 201 Å². The minimum Gasteiger partial charge on any atom is -0.393 e. The Bertz CT molecular complexity index is 893. The van der Waals surface area contributed by atoms with Crippen LogP contribution in [-0.2, 0) is 57.2 Å². The number of hydrogen-bond donors (Lipinski definition) is 0. The van der Waals surface area contributed by atoms with E-state index in [9.17, 15) is 28.8 Å². The maximum Gasteiger partial charge on any atom is 0.320 e. The third kappa shape index (κ3) is 5.00. The van der Waals surface area contributed by atoms with E-state index in [1.807, 2.05) is 0 Å². The van der Waals surface area contributed by atoms with Crippen LogP contribution in [0.4, 0.5) is 0 Å². The molecule has 0 unspecified atom stereocenters. The van der Waals surface area contributed by atoms with Crippen LogP contribution in [0.1, 0.15) is 33.1 Å². The lowest BCUT2D eigenvalue weighted by atomic mass is 9.76. The van der Waals surface area contributed by atoms with Crippen LogP contribution in [0.5, 0.6) is 0 Å². The number of esters is 6. The monoisotopic (exact) mass is 498 g/mol. The Hall–Kier alpha value is -2.70. The summed E-state index contributed by atoms with van der Waals surface area (Å²) in [5, 5.41) is 0. The maximum atomic E-state index is 12.7. The van der Waals surface area contributed by atoms with E-state index in [0.29, 0.717) is 6.42 Å². The van der Waals surface area contributed by atoms with E-state index >= 15 is 0 Å². The Balaban J connectivity index is 1.84. The minimum atomic E-state index is -1.14. The van der Waals surface area contributed by atoms with Crippen molar-refractivity contribution in [1.29, 1.82) is 0 Å². The maximum absolute atomic E-state index is 12.7. The van der Waals surface area contributed by atoms with Crippen LogP contribution in [0.25, 0.3) is 0 Å². The molecule has 3 aliphatic rings. The molecule has 0 radical (unpaired) electrons. The van der Waals surface area contributed by atoms with Crippen molar-refractivity contribution in [3.63, 3.8) is 0 Å². The van der Waals surface area contributed by atoms with Gasteiger partial charge in [-0.3, -0.25) is 28.8 Å². The molecule has 9 atom stereocenters. The first kappa shape index (κ1) is 26.9. The molecule has 0 amide bonds. The molecule has 12 nitrogen and oxygen atoms in total. The van der Waals surface area contributed by atoms with Gasteiger partial charge in [0.25, 0.3) is 0 Å². The van der Waals surface area contributed by atoms with Crippen LogP contribution < -0.4 is 0 Å². The molecule has 3 rings (SSSR count). The number of carbonyl (C=O) groups excluding carboxylic acids is 6. The van der Waals surface area contributed by atoms with Gasteiger partial charge in [0.2, 0.25) is 0 Å². The quantitative estimate of drug-likeness (QED) is 0.217. The fraction of sp³-hybridized carbons (Fsp3) is 0.739. The van der Waals surface area contributed by atoms with Crippen LogP contribution in [-0.4, -0.2) is 75.5 Å². The van der Waals surface area contributed by atoms with Crippen molar-refractivity contribution in [2.24, 2.45) is 35.5 Å². The summed E-state index contributed by atoms with van der Waals surface area (Å²) in [6, 6.07) is 0. The van der Waals surface area contributed by atoms with Crippen molar-refractivity contribution in [2.75, 3.05) is 21.3 Å². The number of methoxy groups -OCH3 is 3. The van der Waals surface area contributed by atoms with Gasteiger partial charge >= 0.3 is 35.8 Å². The van der Waals surface area contributed by atoms with Gasteiger partial charge in [0.15, 0.2) is 0 Å². The van der Waals surface area contributed by atoms with E-state index in [4.69, 9.17) is 23.7 Å². The zero-order chi connectivity index (χ0) is 26.0. The van der Waals surface area contributed by atoms with Gasteiger partial charge in [-0.05, 0) is 19.3 Å². The molecule has 3 aliphatic heterocycles. The van der Waals surface area contributed by atoms with Crippen molar-refractivity contribution < 1.29 is 57.2 Å². The summed E-state index contributed by atoms with van der Waals surface area (Å²) in [7, 11) is 4.05. The number of ether oxygens (including phenoxy) is 6. The second kappa shape index (κ2) is 10.9. The number of carbonyl (C=O) groups is 6. The molecule has 0 aromatic heterocycles. The fourth-order valence-corrected chi connectivity index (χ4v) is 5.35. The summed E-state index contributed by atoms with van der Waals surface area (Å²) in [5.74, 6) is -10.5. The zero-order valence-electron chi connectivity index (χ0n) is 20.2. The lowest BCUT2D eigenvalue weighted by molar-refractivity contribution is -0.157. The molecule has 0 spiro atoms. The second-order valence-corrected chi connectivity index (χ2v) is 9.00. The molecule has 35 heavy (non-hydrogen) atoms. The lowest BCUT2D eigenvalue weighted by Gasteiger charge is -2.29. The molecule has 3 heterocycles. The third-order valence-corrected chi connectivity index (χ3v) is 7.29. The van der Waals surface area contributed by atoms with Gasteiger partial charge in [-0.25, -0.2) is 0 Å². The highest BCUT2D eigenvalue weighted by molar-refractivity contribution is 5.99. The van der Waals surface area contributed by atoms with Crippen molar-refractivity contribution in [3.05, 3.63) is 0 Å². The minimum absolute atomic E-state index is 0.104. The average molecular weight is 498 g/mol. The van der Waals surface area contributed by atoms with Gasteiger partial charge in [-0.2, -0.15) is 0 Å². The molecule has 0 aliphatic carbocycles. The molecule has 0 bridgehead atoms. The van der Waals surface area contributed by atoms with Gasteiger partial charge in [-0.1, -0.05) is 13.8 Å². The van der Waals surface area contributed by atoms with E-state index in [1.165, 1.54) is 28.3 Å². The predicted molar refractivity (Wildman–Crippen MR) is 112 cm³/mol. The summed E-state index contributed by atoms with van der Waals surface area (Å²) in [5.41, 5.74) is 0. The van der Waals surface area contributed by atoms with Gasteiger partial charge in [0, 0.05) is 21.3 Å². The van der Waals surface area contributed by atoms with Gasteiger partial charge < -0.3 is 28.4 Å². The van der Waals surface area contributed by atoms with E-state index < -0.39 is 89.6 Å². The highest BCUT2D eigenvalue weighted by Gasteiger charge is 2.56. The third-order valence-electron chi connectivity index (χ3n) is 7.29. The normalized spacial score (nSPS) is 33.5. The number of hydrogen-bond acceptors (Lipinski definition) is 12. The van der Waals surface area contributed by atoms with Gasteiger partial charge in [0.05, 0.1) is 53.8 Å². The largest absolute Gasteiger partial charge is 0.393 e. The molecule has 0 aromatic rings. The molecule has 12 heteroatoms. The van der Waals surface area contributed by atoms with Crippen molar-refractivity contribution >= 4 is 35.8 Å². The predicted octanol–water partition coefficient (Wildman–Crippen LogP) is 0.189. The molecule has 194 valence electrons. The first-order valence-corrected chi connectivity index (χ1v) is 11.4. The molecule has 3 fully saturated rings. The standard InChI is InChI=1S/C23H30O12/c1-6-12(30-3)16-10(19(25)34-22(16)28)8-14(32-5)17-11(20(26)35-23(17)29)7-13(31-4)15-9(2)18(24)33-21(15)27/h9-17H,6-8H2,1-5H3/t9-,10+,11+,12-,13-,14-,15-,16+,17+/m0/s1. The van der Waals surface area contributed by atoms with Crippen LogP contribution in [0, 0.1) is 35.5 Å². The van der Waals surface area contributed by atoms with Crippen molar-refractivity contribution in [2.45, 2.75) is 51.4 Å². The summed E-state index contributed by atoms with van der Waals surface area (Å²) >= 11 is 0. The molecular weight excluding hydrogens is 468 g/mol. The summed E-state index contributed by atoms with van der Waals surface area (Å²) < 4.78 is 30.7. The van der Waals surface area contributed by atoms with Crippen LogP contribution >= 0.6 is 0 Å². The van der Waals surface area contributed by atoms with Crippen LogP contribution in [0.3, 0.4) is 0 Å². The summed E-state index contributed by atoms with van der Waals surface area (Å²) in [6.45, 7) is 3.31. The Morgan fingerprint density at radius 3 is 1.34 bits per heavy atom. The zero-order valence-corrected chi connectivity index (χ0v) is 20.2. The fourth-order valence-electron chi connectivity index (χ4n) is 5.35. The highest BCUT2D eigenvalue weighted by atomic mass is 16.6. The Morgan fingerprint density at radius 2 is 0.971 bits per heavy atom. The van der Waals surface area contributed by atoms with Crippen molar-refractivity contribution in [3.8, 4) is 0 Å². The van der Waals surface area contributed by atoms with E-state index in [-0.39, 0.29) is 12.8 Å². The molecule has 0 saturated carbocycles. The molecule has 3 saturated heterocycles. The Kier molecular flexibility index (Phi) is 8.39. The molecular formula is C23H30O12. The van der Waals surface area contributed by atoms with Crippen molar-refractivity contribution in [1.82, 2.24) is 0 Å². The SMILES string of the molecule is CC[C@H](OC)[C@@H]1C(=O)OC(=O)[C@@H]1C[C@H](OC)[C@@H]1C(=O)OC(=O)[C@@H]1C[C@H](OC)[C@H]1C(=O)OC(=O)[C@H]1C. The summed E-state index contributed by atoms with van der Waals surface area (Å²) in [6.07, 6.45) is -2.30. The molecule has 0 aromatic carbocycles. The van der Waals surface area contributed by atoms with Gasteiger partial charge in [-0.15, -0.1) is 0 Å². The highest BCUT2D eigenvalue weighted by Crippen LogP contribution is 2.41. The topological polar surface area (TPSA) is 158 Å². The second-order valence-electron chi connectivity index (χ2n) is 9.00. The van der Waals surface area contributed by atoms with Crippen LogP contribution in [0.2, 0.25) is 0 Å². The smallest absolute Gasteiger partial charge is 0.320 e. The number of rotatable bonds is 11. The van der Waals surface area contributed by atoms with Gasteiger partial charge in [0.1, 0.15) is 0 Å².